The number of ether oxygens (including phenoxy) is 1. The number of halogens is 1. The SMILES string of the molecule is COc1ccc([C@]2(CC(=O)NCc3cccc(Cl)c3)CC(=O)N(C3CCCC3)C2=O)cc1. The Kier molecular flexibility index (Phi) is 6.51. The van der Waals surface area contributed by atoms with E-state index in [1.807, 2.05) is 12.1 Å². The molecule has 1 atom stereocenters. The summed E-state index contributed by atoms with van der Waals surface area (Å²) in [5.74, 6) is -0.0909. The van der Waals surface area contributed by atoms with Gasteiger partial charge in [-0.2, -0.15) is 0 Å². The molecule has 0 bridgehead atoms. The Bertz CT molecular complexity index is 1020. The van der Waals surface area contributed by atoms with E-state index in [2.05, 4.69) is 5.32 Å². The van der Waals surface area contributed by atoms with Gasteiger partial charge < -0.3 is 10.1 Å². The maximum Gasteiger partial charge on any atom is 0.241 e. The highest BCUT2D eigenvalue weighted by molar-refractivity contribution is 6.30. The number of rotatable bonds is 7. The molecule has 2 fully saturated rings. The second kappa shape index (κ2) is 9.33. The van der Waals surface area contributed by atoms with Crippen LogP contribution in [0.15, 0.2) is 48.5 Å². The summed E-state index contributed by atoms with van der Waals surface area (Å²) in [5, 5.41) is 3.48. The molecule has 3 amide bonds. The second-order valence-corrected chi connectivity index (χ2v) is 9.01. The van der Waals surface area contributed by atoms with Crippen LogP contribution >= 0.6 is 11.6 Å². The van der Waals surface area contributed by atoms with Gasteiger partial charge in [0.2, 0.25) is 17.7 Å². The van der Waals surface area contributed by atoms with E-state index in [1.165, 1.54) is 4.90 Å². The molecule has 7 heteroatoms. The summed E-state index contributed by atoms with van der Waals surface area (Å²) in [7, 11) is 1.57. The Labute approximate surface area is 192 Å². The number of imide groups is 1. The number of likely N-dealkylation sites (tertiary alicyclic amines) is 1. The molecule has 1 saturated heterocycles. The van der Waals surface area contributed by atoms with Gasteiger partial charge in [-0.15, -0.1) is 0 Å². The molecule has 1 heterocycles. The Hall–Kier alpha value is -2.86. The Morgan fingerprint density at radius 3 is 2.53 bits per heavy atom. The molecule has 1 saturated carbocycles. The van der Waals surface area contributed by atoms with E-state index < -0.39 is 5.41 Å². The monoisotopic (exact) mass is 454 g/mol. The quantitative estimate of drug-likeness (QED) is 0.642. The lowest BCUT2D eigenvalue weighted by Crippen LogP contribution is -2.45. The van der Waals surface area contributed by atoms with Gasteiger partial charge >= 0.3 is 0 Å². The highest BCUT2D eigenvalue weighted by Crippen LogP contribution is 2.43. The van der Waals surface area contributed by atoms with Crippen molar-refractivity contribution in [2.45, 2.75) is 56.5 Å². The molecule has 1 aliphatic carbocycles. The molecule has 0 unspecified atom stereocenters. The second-order valence-electron chi connectivity index (χ2n) is 8.58. The highest BCUT2D eigenvalue weighted by atomic mass is 35.5. The number of hydrogen-bond acceptors (Lipinski definition) is 4. The van der Waals surface area contributed by atoms with Crippen LogP contribution in [0.3, 0.4) is 0 Å². The summed E-state index contributed by atoms with van der Waals surface area (Å²) in [4.78, 5) is 41.1. The summed E-state index contributed by atoms with van der Waals surface area (Å²) in [6.45, 7) is 0.298. The van der Waals surface area contributed by atoms with Gasteiger partial charge in [-0.1, -0.05) is 48.7 Å². The average molecular weight is 455 g/mol. The Balaban J connectivity index is 1.59. The first-order chi connectivity index (χ1) is 15.4. The van der Waals surface area contributed by atoms with Crippen molar-refractivity contribution in [2.24, 2.45) is 0 Å². The fourth-order valence-electron chi connectivity index (χ4n) is 4.85. The van der Waals surface area contributed by atoms with E-state index in [-0.39, 0.29) is 36.6 Å². The van der Waals surface area contributed by atoms with Crippen LogP contribution in [0.5, 0.6) is 5.75 Å². The minimum Gasteiger partial charge on any atom is -0.497 e. The van der Waals surface area contributed by atoms with Gasteiger partial charge in [0.05, 0.1) is 12.5 Å². The fourth-order valence-corrected chi connectivity index (χ4v) is 5.07. The van der Waals surface area contributed by atoms with E-state index in [1.54, 1.807) is 43.5 Å². The summed E-state index contributed by atoms with van der Waals surface area (Å²) < 4.78 is 5.24. The first kappa shape index (κ1) is 22.3. The van der Waals surface area contributed by atoms with Gasteiger partial charge in [-0.25, -0.2) is 0 Å². The third-order valence-corrected chi connectivity index (χ3v) is 6.76. The number of carbonyl (C=O) groups excluding carboxylic acids is 3. The van der Waals surface area contributed by atoms with Crippen LogP contribution in [-0.2, 0) is 26.3 Å². The minimum atomic E-state index is -1.20. The summed E-state index contributed by atoms with van der Waals surface area (Å²) in [6, 6.07) is 14.3. The van der Waals surface area contributed by atoms with Crippen molar-refractivity contribution in [1.29, 1.82) is 0 Å². The normalized spacial score (nSPS) is 21.2. The molecule has 2 aromatic carbocycles. The van der Waals surface area contributed by atoms with Crippen molar-refractivity contribution in [3.8, 4) is 5.75 Å². The maximum absolute atomic E-state index is 13.7. The molecule has 32 heavy (non-hydrogen) atoms. The molecule has 4 rings (SSSR count). The van der Waals surface area contributed by atoms with E-state index in [4.69, 9.17) is 16.3 Å². The zero-order chi connectivity index (χ0) is 22.7. The predicted octanol–water partition coefficient (Wildman–Crippen LogP) is 3.99. The highest BCUT2D eigenvalue weighted by Gasteiger charge is 2.55. The van der Waals surface area contributed by atoms with Gasteiger partial charge in [0.25, 0.3) is 0 Å². The van der Waals surface area contributed by atoms with Crippen molar-refractivity contribution in [3.05, 3.63) is 64.7 Å². The Morgan fingerprint density at radius 1 is 1.16 bits per heavy atom. The van der Waals surface area contributed by atoms with Crippen molar-refractivity contribution in [3.63, 3.8) is 0 Å². The summed E-state index contributed by atoms with van der Waals surface area (Å²) in [5.41, 5.74) is 0.325. The topological polar surface area (TPSA) is 75.7 Å². The van der Waals surface area contributed by atoms with Crippen molar-refractivity contribution >= 4 is 29.3 Å². The zero-order valence-electron chi connectivity index (χ0n) is 18.1. The molecular formula is C25H27ClN2O4. The van der Waals surface area contributed by atoms with Crippen molar-refractivity contribution < 1.29 is 19.1 Å². The van der Waals surface area contributed by atoms with Crippen LogP contribution in [0.2, 0.25) is 5.02 Å². The lowest BCUT2D eigenvalue weighted by Gasteiger charge is -2.29. The molecule has 0 radical (unpaired) electrons. The lowest BCUT2D eigenvalue weighted by molar-refractivity contribution is -0.143. The third-order valence-electron chi connectivity index (χ3n) is 6.52. The van der Waals surface area contributed by atoms with Gasteiger partial charge in [-0.3, -0.25) is 19.3 Å². The smallest absolute Gasteiger partial charge is 0.241 e. The van der Waals surface area contributed by atoms with Crippen molar-refractivity contribution in [2.75, 3.05) is 7.11 Å². The molecule has 2 aromatic rings. The first-order valence-corrected chi connectivity index (χ1v) is 11.3. The van der Waals surface area contributed by atoms with Crippen LogP contribution in [-0.4, -0.2) is 35.8 Å². The van der Waals surface area contributed by atoms with Crippen LogP contribution in [0.1, 0.15) is 49.7 Å². The third kappa shape index (κ3) is 4.37. The fraction of sp³-hybridized carbons (Fsp3) is 0.400. The van der Waals surface area contributed by atoms with E-state index >= 15 is 0 Å². The van der Waals surface area contributed by atoms with Gasteiger partial charge in [0.15, 0.2) is 0 Å². The van der Waals surface area contributed by atoms with Gasteiger partial charge in [0.1, 0.15) is 5.75 Å². The number of benzene rings is 2. The van der Waals surface area contributed by atoms with E-state index in [0.29, 0.717) is 22.9 Å². The number of carbonyl (C=O) groups is 3. The first-order valence-electron chi connectivity index (χ1n) is 10.9. The summed E-state index contributed by atoms with van der Waals surface area (Å²) in [6.07, 6.45) is 3.59. The van der Waals surface area contributed by atoms with E-state index in [9.17, 15) is 14.4 Å². The molecular weight excluding hydrogens is 428 g/mol. The lowest BCUT2D eigenvalue weighted by atomic mass is 9.75. The maximum atomic E-state index is 13.7. The largest absolute Gasteiger partial charge is 0.497 e. The summed E-state index contributed by atoms with van der Waals surface area (Å²) >= 11 is 6.03. The van der Waals surface area contributed by atoms with Crippen LogP contribution in [0.4, 0.5) is 0 Å². The number of methoxy groups -OCH3 is 1. The number of nitrogens with zero attached hydrogens (tertiary/aromatic N) is 1. The molecule has 2 aliphatic rings. The molecule has 0 aromatic heterocycles. The van der Waals surface area contributed by atoms with E-state index in [0.717, 1.165) is 31.2 Å². The minimum absolute atomic E-state index is 0.000747. The molecule has 1 N–H and O–H groups in total. The molecule has 6 nitrogen and oxygen atoms in total. The molecule has 1 aliphatic heterocycles. The van der Waals surface area contributed by atoms with Crippen molar-refractivity contribution in [1.82, 2.24) is 10.2 Å². The zero-order valence-corrected chi connectivity index (χ0v) is 18.9. The number of nitrogens with one attached hydrogen (secondary N) is 1. The predicted molar refractivity (Wildman–Crippen MR) is 121 cm³/mol. The number of amides is 3. The Morgan fingerprint density at radius 2 is 1.88 bits per heavy atom. The van der Waals surface area contributed by atoms with Gasteiger partial charge in [0, 0.05) is 30.5 Å². The molecule has 168 valence electrons. The van der Waals surface area contributed by atoms with Crippen LogP contribution < -0.4 is 10.1 Å². The van der Waals surface area contributed by atoms with Crippen LogP contribution in [0, 0.1) is 0 Å². The van der Waals surface area contributed by atoms with Gasteiger partial charge in [-0.05, 0) is 48.2 Å². The number of hydrogen-bond donors (Lipinski definition) is 1. The standard InChI is InChI=1S/C25H27ClN2O4/c1-32-21-11-9-18(10-12-21)25(14-22(29)27-16-17-5-4-6-19(26)13-17)15-23(30)28(24(25)31)20-7-2-3-8-20/h4-6,9-13,20H,2-3,7-8,14-16H2,1H3,(H,27,29)/t25-/m0/s1. The molecule has 0 spiro atoms. The average Bonchev–Trinajstić information content (AvgIpc) is 3.39. The van der Waals surface area contributed by atoms with Crippen LogP contribution in [0.25, 0.3) is 0 Å².